The summed E-state index contributed by atoms with van der Waals surface area (Å²) in [5.41, 5.74) is 6.91. The number of ketones is 3. The van der Waals surface area contributed by atoms with Crippen molar-refractivity contribution in [2.75, 3.05) is 13.6 Å². The molecule has 0 aliphatic carbocycles. The number of fused-ring (bicyclic) bond motifs is 1. The Morgan fingerprint density at radius 1 is 0.912 bits per heavy atom. The van der Waals surface area contributed by atoms with Crippen molar-refractivity contribution in [1.29, 1.82) is 0 Å². The molecule has 34 heavy (non-hydrogen) atoms. The summed E-state index contributed by atoms with van der Waals surface area (Å²) in [4.78, 5) is 42.9. The summed E-state index contributed by atoms with van der Waals surface area (Å²) in [6.45, 7) is 5.49. The highest BCUT2D eigenvalue weighted by atomic mass is 35.5. The van der Waals surface area contributed by atoms with Crippen molar-refractivity contribution in [2.45, 2.75) is 39.7 Å². The van der Waals surface area contributed by atoms with Gasteiger partial charge < -0.3 is 0 Å². The summed E-state index contributed by atoms with van der Waals surface area (Å²) in [6, 6.07) is 14.0. The molecule has 5 nitrogen and oxygen atoms in total. The van der Waals surface area contributed by atoms with E-state index < -0.39 is 0 Å². The number of hydrogen-bond donors (Lipinski definition) is 0. The second-order valence-corrected chi connectivity index (χ2v) is 8.83. The van der Waals surface area contributed by atoms with Crippen LogP contribution in [0.5, 0.6) is 0 Å². The molecule has 0 amide bonds. The van der Waals surface area contributed by atoms with Crippen molar-refractivity contribution in [1.82, 2.24) is 9.88 Å². The molecule has 4 rings (SSSR count). The van der Waals surface area contributed by atoms with Gasteiger partial charge in [0.05, 0.1) is 0 Å². The van der Waals surface area contributed by atoms with Gasteiger partial charge in [-0.1, -0.05) is 24.3 Å². The normalized spacial score (nSPS) is 15.2. The van der Waals surface area contributed by atoms with Crippen LogP contribution in [0.2, 0.25) is 0 Å². The van der Waals surface area contributed by atoms with Crippen LogP contribution in [0.3, 0.4) is 0 Å². The highest BCUT2D eigenvalue weighted by Crippen LogP contribution is 2.34. The number of benzene rings is 2. The topological polar surface area (TPSA) is 67.3 Å². The van der Waals surface area contributed by atoms with Crippen LogP contribution >= 0.6 is 12.4 Å². The maximum Gasteiger partial charge on any atom is 0.160 e. The number of carbonyl (C=O) groups excluding carboxylic acids is 3. The Labute approximate surface area is 206 Å². The molecule has 1 aliphatic rings. The number of carbonyl (C=O) groups is 3. The van der Waals surface area contributed by atoms with Crippen molar-refractivity contribution in [2.24, 2.45) is 0 Å². The zero-order chi connectivity index (χ0) is 23.7. The fourth-order valence-electron chi connectivity index (χ4n) is 4.70. The lowest BCUT2D eigenvalue weighted by Gasteiger charge is -2.35. The van der Waals surface area contributed by atoms with Gasteiger partial charge in [0, 0.05) is 47.2 Å². The van der Waals surface area contributed by atoms with E-state index in [4.69, 9.17) is 0 Å². The van der Waals surface area contributed by atoms with E-state index in [1.165, 1.54) is 13.8 Å². The number of rotatable bonds is 6. The summed E-state index contributed by atoms with van der Waals surface area (Å²) in [5.74, 6) is -0.144. The van der Waals surface area contributed by atoms with Crippen molar-refractivity contribution in [3.05, 3.63) is 88.2 Å². The number of pyridine rings is 1. The number of halogens is 1. The van der Waals surface area contributed by atoms with E-state index in [1.54, 1.807) is 25.4 Å². The third-order valence-electron chi connectivity index (χ3n) is 6.56. The van der Waals surface area contributed by atoms with E-state index >= 15 is 0 Å². The first kappa shape index (κ1) is 25.5. The SMILES string of the molecule is CC(=O)c1cc2c(cc1C(C)=O)C(Cc1ccc(-c3cnccc3C(C)=O)cc1)N(C)CC2.Cl. The summed E-state index contributed by atoms with van der Waals surface area (Å²) in [6.07, 6.45) is 5.01. The third-order valence-corrected chi connectivity index (χ3v) is 6.56. The molecular weight excluding hydrogens is 448 g/mol. The van der Waals surface area contributed by atoms with Gasteiger partial charge in [-0.05, 0) is 81.1 Å². The second kappa shape index (κ2) is 10.4. The summed E-state index contributed by atoms with van der Waals surface area (Å²) >= 11 is 0. The van der Waals surface area contributed by atoms with Gasteiger partial charge in [-0.2, -0.15) is 0 Å². The highest BCUT2D eigenvalue weighted by molar-refractivity contribution is 6.07. The lowest BCUT2D eigenvalue weighted by atomic mass is 9.84. The first-order valence-corrected chi connectivity index (χ1v) is 11.2. The smallest absolute Gasteiger partial charge is 0.160 e. The standard InChI is InChI=1S/C28H28N2O3.ClH/c1-17(31)23-9-11-29-16-27(23)21-7-5-20(6-8-21)13-28-26-15-25(19(3)33)24(18(2)32)14-22(26)10-12-30(28)4;/h5-9,11,14-16,28H,10,12-13H2,1-4H3;1H. The van der Waals surface area contributed by atoms with Crippen LogP contribution in [0.4, 0.5) is 0 Å². The first-order valence-electron chi connectivity index (χ1n) is 11.2. The molecule has 176 valence electrons. The summed E-state index contributed by atoms with van der Waals surface area (Å²) in [7, 11) is 2.10. The number of nitrogens with zero attached hydrogens (tertiary/aromatic N) is 2. The molecular formula is C28H29ClN2O3. The summed E-state index contributed by atoms with van der Waals surface area (Å²) < 4.78 is 0. The van der Waals surface area contributed by atoms with E-state index in [1.807, 2.05) is 24.3 Å². The molecule has 2 heterocycles. The third kappa shape index (κ3) is 5.01. The van der Waals surface area contributed by atoms with Gasteiger partial charge in [0.1, 0.15) is 0 Å². The largest absolute Gasteiger partial charge is 0.299 e. The Bertz CT molecular complexity index is 1250. The van der Waals surface area contributed by atoms with Gasteiger partial charge in [0.2, 0.25) is 0 Å². The Hall–Kier alpha value is -3.15. The predicted molar refractivity (Wildman–Crippen MR) is 136 cm³/mol. The van der Waals surface area contributed by atoms with Crippen LogP contribution in [0.1, 0.15) is 74.6 Å². The van der Waals surface area contributed by atoms with Gasteiger partial charge in [-0.3, -0.25) is 24.3 Å². The number of aromatic nitrogens is 1. The van der Waals surface area contributed by atoms with Crippen molar-refractivity contribution >= 4 is 29.8 Å². The fraction of sp³-hybridized carbons (Fsp3) is 0.286. The average Bonchev–Trinajstić information content (AvgIpc) is 2.80. The van der Waals surface area contributed by atoms with Gasteiger partial charge in [0.15, 0.2) is 17.3 Å². The molecule has 0 bridgehead atoms. The second-order valence-electron chi connectivity index (χ2n) is 8.83. The van der Waals surface area contributed by atoms with Gasteiger partial charge in [-0.15, -0.1) is 12.4 Å². The molecule has 0 saturated carbocycles. The number of Topliss-reactive ketones (excluding diaryl/α,β-unsaturated/α-hetero) is 3. The minimum Gasteiger partial charge on any atom is -0.299 e. The molecule has 1 aliphatic heterocycles. The number of hydrogen-bond acceptors (Lipinski definition) is 5. The van der Waals surface area contributed by atoms with Crippen LogP contribution in [-0.4, -0.2) is 40.8 Å². The molecule has 0 radical (unpaired) electrons. The molecule has 6 heteroatoms. The maximum atomic E-state index is 12.3. The lowest BCUT2D eigenvalue weighted by molar-refractivity contribution is 0.0980. The molecule has 0 fully saturated rings. The van der Waals surface area contributed by atoms with Crippen LogP contribution in [-0.2, 0) is 12.8 Å². The Balaban J connectivity index is 0.00000324. The predicted octanol–water partition coefficient (Wildman–Crippen LogP) is 5.55. The Morgan fingerprint density at radius 2 is 1.53 bits per heavy atom. The van der Waals surface area contributed by atoms with Crippen molar-refractivity contribution in [3.63, 3.8) is 0 Å². The number of likely N-dealkylation sites (N-methyl/N-ethyl adjacent to an activating group) is 1. The molecule has 3 aromatic rings. The average molecular weight is 477 g/mol. The van der Waals surface area contributed by atoms with Crippen LogP contribution in [0.25, 0.3) is 11.1 Å². The quantitative estimate of drug-likeness (QED) is 0.436. The first-order chi connectivity index (χ1) is 15.8. The maximum absolute atomic E-state index is 12.3. The van der Waals surface area contributed by atoms with Crippen molar-refractivity contribution in [3.8, 4) is 11.1 Å². The van der Waals surface area contributed by atoms with Crippen molar-refractivity contribution < 1.29 is 14.4 Å². The molecule has 1 aromatic heterocycles. The van der Waals surface area contributed by atoms with Gasteiger partial charge in [0.25, 0.3) is 0 Å². The van der Waals surface area contributed by atoms with Crippen LogP contribution in [0, 0.1) is 0 Å². The molecule has 0 spiro atoms. The molecule has 2 aromatic carbocycles. The summed E-state index contributed by atoms with van der Waals surface area (Å²) in [5, 5.41) is 0. The fourth-order valence-corrected chi connectivity index (χ4v) is 4.70. The lowest BCUT2D eigenvalue weighted by Crippen LogP contribution is -2.34. The zero-order valence-electron chi connectivity index (χ0n) is 19.9. The minimum atomic E-state index is -0.0860. The van der Waals surface area contributed by atoms with Gasteiger partial charge in [-0.25, -0.2) is 0 Å². The minimum absolute atomic E-state index is 0. The molecule has 1 unspecified atom stereocenters. The van der Waals surface area contributed by atoms with Gasteiger partial charge >= 0.3 is 0 Å². The molecule has 0 N–H and O–H groups in total. The van der Waals surface area contributed by atoms with E-state index in [9.17, 15) is 14.4 Å². The Morgan fingerprint density at radius 3 is 2.15 bits per heavy atom. The highest BCUT2D eigenvalue weighted by Gasteiger charge is 2.28. The monoisotopic (exact) mass is 476 g/mol. The molecule has 0 saturated heterocycles. The van der Waals surface area contributed by atoms with Crippen LogP contribution < -0.4 is 0 Å². The van der Waals surface area contributed by atoms with Crippen LogP contribution in [0.15, 0.2) is 54.9 Å². The Kier molecular flexibility index (Phi) is 7.80. The van der Waals surface area contributed by atoms with E-state index in [2.05, 4.69) is 29.1 Å². The van der Waals surface area contributed by atoms with E-state index in [-0.39, 0.29) is 35.8 Å². The van der Waals surface area contributed by atoms with E-state index in [0.29, 0.717) is 16.7 Å². The molecule has 1 atom stereocenters. The van der Waals surface area contributed by atoms with E-state index in [0.717, 1.165) is 47.2 Å². The zero-order valence-corrected chi connectivity index (χ0v) is 20.7.